The van der Waals surface area contributed by atoms with Crippen molar-refractivity contribution in [2.45, 2.75) is 25.3 Å². The number of thiazole rings is 1. The van der Waals surface area contributed by atoms with E-state index >= 15 is 0 Å². The van der Waals surface area contributed by atoms with Crippen LogP contribution in [0.25, 0.3) is 0 Å². The summed E-state index contributed by atoms with van der Waals surface area (Å²) in [6, 6.07) is 10.8. The molecule has 1 unspecified atom stereocenters. The smallest absolute Gasteiger partial charge is 0.0794 e. The molecular weight excluding hydrogens is 230 g/mol. The molecule has 3 nitrogen and oxygen atoms in total. The van der Waals surface area contributed by atoms with E-state index in [9.17, 15) is 0 Å². The van der Waals surface area contributed by atoms with Crippen molar-refractivity contribution in [3.8, 4) is 0 Å². The SMILES string of the molecule is NNC(CCCc1ccccc1)c1cncs1. The number of aryl methyl sites for hydroxylation is 1. The van der Waals surface area contributed by atoms with Crippen molar-refractivity contribution in [1.29, 1.82) is 0 Å². The number of nitrogens with two attached hydrogens (primary N) is 1. The topological polar surface area (TPSA) is 50.9 Å². The van der Waals surface area contributed by atoms with Crippen LogP contribution in [0, 0.1) is 0 Å². The molecule has 4 heteroatoms. The van der Waals surface area contributed by atoms with Gasteiger partial charge in [0.1, 0.15) is 0 Å². The van der Waals surface area contributed by atoms with E-state index in [1.165, 1.54) is 10.4 Å². The molecule has 0 saturated carbocycles. The van der Waals surface area contributed by atoms with E-state index in [-0.39, 0.29) is 6.04 Å². The number of nitrogens with zero attached hydrogens (tertiary/aromatic N) is 1. The second-order valence-electron chi connectivity index (χ2n) is 4.00. The molecule has 0 radical (unpaired) electrons. The largest absolute Gasteiger partial charge is 0.271 e. The second kappa shape index (κ2) is 6.49. The predicted octanol–water partition coefficient (Wildman–Crippen LogP) is 2.67. The van der Waals surface area contributed by atoms with Crippen LogP contribution in [0.4, 0.5) is 0 Å². The highest BCUT2D eigenvalue weighted by Gasteiger charge is 2.10. The maximum Gasteiger partial charge on any atom is 0.0794 e. The minimum Gasteiger partial charge on any atom is -0.271 e. The molecule has 2 rings (SSSR count). The van der Waals surface area contributed by atoms with Gasteiger partial charge in [0.05, 0.1) is 11.6 Å². The summed E-state index contributed by atoms with van der Waals surface area (Å²) in [6.45, 7) is 0. The molecule has 90 valence electrons. The fourth-order valence-corrected chi connectivity index (χ4v) is 2.58. The number of aromatic nitrogens is 1. The molecule has 0 aliphatic carbocycles. The van der Waals surface area contributed by atoms with Crippen LogP contribution in [0.2, 0.25) is 0 Å². The zero-order chi connectivity index (χ0) is 11.9. The lowest BCUT2D eigenvalue weighted by Crippen LogP contribution is -2.27. The monoisotopic (exact) mass is 247 g/mol. The van der Waals surface area contributed by atoms with Crippen molar-refractivity contribution in [2.75, 3.05) is 0 Å². The quantitative estimate of drug-likeness (QED) is 0.609. The Morgan fingerprint density at radius 2 is 2.12 bits per heavy atom. The molecule has 1 heterocycles. The number of hydrogen-bond donors (Lipinski definition) is 2. The van der Waals surface area contributed by atoms with Gasteiger partial charge in [0.2, 0.25) is 0 Å². The van der Waals surface area contributed by atoms with E-state index in [2.05, 4.69) is 34.7 Å². The van der Waals surface area contributed by atoms with Gasteiger partial charge in [-0.05, 0) is 24.8 Å². The van der Waals surface area contributed by atoms with Crippen LogP contribution in [0.1, 0.15) is 29.3 Å². The summed E-state index contributed by atoms with van der Waals surface area (Å²) in [5.74, 6) is 5.57. The normalized spacial score (nSPS) is 12.5. The van der Waals surface area contributed by atoms with Crippen LogP contribution in [0.5, 0.6) is 0 Å². The van der Waals surface area contributed by atoms with E-state index in [4.69, 9.17) is 5.84 Å². The van der Waals surface area contributed by atoms with E-state index in [1.54, 1.807) is 11.3 Å². The fraction of sp³-hybridized carbons (Fsp3) is 0.308. The Balaban J connectivity index is 1.81. The number of nitrogens with one attached hydrogen (secondary N) is 1. The van der Waals surface area contributed by atoms with Crippen LogP contribution < -0.4 is 11.3 Å². The maximum absolute atomic E-state index is 5.57. The van der Waals surface area contributed by atoms with Crippen LogP contribution in [-0.2, 0) is 6.42 Å². The van der Waals surface area contributed by atoms with Gasteiger partial charge in [-0.2, -0.15) is 0 Å². The van der Waals surface area contributed by atoms with Crippen molar-refractivity contribution >= 4 is 11.3 Å². The standard InChI is InChI=1S/C13H17N3S/c14-16-12(13-9-15-10-17-13)8-4-7-11-5-2-1-3-6-11/h1-3,5-6,9-10,12,16H,4,7-8,14H2. The van der Waals surface area contributed by atoms with Gasteiger partial charge in [-0.3, -0.25) is 16.3 Å². The first-order valence-corrected chi connectivity index (χ1v) is 6.66. The van der Waals surface area contributed by atoms with Gasteiger partial charge in [0, 0.05) is 11.1 Å². The average Bonchev–Trinajstić information content (AvgIpc) is 2.90. The first-order chi connectivity index (χ1) is 8.40. The first kappa shape index (κ1) is 12.2. The molecule has 3 N–H and O–H groups in total. The Bertz CT molecular complexity index is 413. The lowest BCUT2D eigenvalue weighted by atomic mass is 10.0. The minimum atomic E-state index is 0.228. The molecule has 0 bridgehead atoms. The lowest BCUT2D eigenvalue weighted by Gasteiger charge is -2.13. The molecule has 1 atom stereocenters. The second-order valence-corrected chi connectivity index (χ2v) is 4.92. The van der Waals surface area contributed by atoms with Gasteiger partial charge in [0.25, 0.3) is 0 Å². The van der Waals surface area contributed by atoms with Gasteiger partial charge >= 0.3 is 0 Å². The highest BCUT2D eigenvalue weighted by Crippen LogP contribution is 2.21. The van der Waals surface area contributed by atoms with Crippen LogP contribution in [0.3, 0.4) is 0 Å². The number of benzene rings is 1. The summed E-state index contributed by atoms with van der Waals surface area (Å²) in [5.41, 5.74) is 6.09. The Kier molecular flexibility index (Phi) is 4.67. The van der Waals surface area contributed by atoms with Crippen LogP contribution in [0.15, 0.2) is 42.0 Å². The van der Waals surface area contributed by atoms with E-state index < -0.39 is 0 Å². The molecule has 0 amide bonds. The van der Waals surface area contributed by atoms with Gasteiger partial charge in [0.15, 0.2) is 0 Å². The number of rotatable bonds is 6. The predicted molar refractivity (Wildman–Crippen MR) is 71.6 cm³/mol. The number of hydrogen-bond acceptors (Lipinski definition) is 4. The van der Waals surface area contributed by atoms with Crippen molar-refractivity contribution in [3.05, 3.63) is 52.5 Å². The van der Waals surface area contributed by atoms with Gasteiger partial charge < -0.3 is 0 Å². The molecule has 2 aromatic rings. The molecule has 0 spiro atoms. The van der Waals surface area contributed by atoms with Gasteiger partial charge in [-0.15, -0.1) is 11.3 Å². The molecule has 0 fully saturated rings. The van der Waals surface area contributed by atoms with Crippen molar-refractivity contribution < 1.29 is 0 Å². The Morgan fingerprint density at radius 3 is 2.76 bits per heavy atom. The maximum atomic E-state index is 5.57. The highest BCUT2D eigenvalue weighted by molar-refractivity contribution is 7.09. The molecular formula is C13H17N3S. The minimum absolute atomic E-state index is 0.228. The zero-order valence-corrected chi connectivity index (χ0v) is 10.5. The fourth-order valence-electron chi connectivity index (χ4n) is 1.86. The molecule has 1 aromatic carbocycles. The van der Waals surface area contributed by atoms with Gasteiger partial charge in [-0.1, -0.05) is 30.3 Å². The molecule has 17 heavy (non-hydrogen) atoms. The summed E-state index contributed by atoms with van der Waals surface area (Å²) in [5, 5.41) is 0. The highest BCUT2D eigenvalue weighted by atomic mass is 32.1. The van der Waals surface area contributed by atoms with E-state index in [0.717, 1.165) is 19.3 Å². The van der Waals surface area contributed by atoms with Crippen LogP contribution in [-0.4, -0.2) is 4.98 Å². The van der Waals surface area contributed by atoms with Crippen molar-refractivity contribution in [3.63, 3.8) is 0 Å². The molecule has 0 saturated heterocycles. The molecule has 0 aliphatic heterocycles. The summed E-state index contributed by atoms with van der Waals surface area (Å²) >= 11 is 1.65. The Labute approximate surface area is 106 Å². The third-order valence-corrected chi connectivity index (χ3v) is 3.69. The number of hydrazine groups is 1. The third kappa shape index (κ3) is 3.63. The lowest BCUT2D eigenvalue weighted by molar-refractivity contribution is 0.505. The van der Waals surface area contributed by atoms with Crippen molar-refractivity contribution in [1.82, 2.24) is 10.4 Å². The summed E-state index contributed by atoms with van der Waals surface area (Å²) in [6.07, 6.45) is 5.14. The van der Waals surface area contributed by atoms with Crippen LogP contribution >= 0.6 is 11.3 Å². The Hall–Kier alpha value is -1.23. The Morgan fingerprint density at radius 1 is 1.29 bits per heavy atom. The van der Waals surface area contributed by atoms with Crippen molar-refractivity contribution in [2.24, 2.45) is 5.84 Å². The molecule has 0 aliphatic rings. The molecule has 1 aromatic heterocycles. The average molecular weight is 247 g/mol. The van der Waals surface area contributed by atoms with Gasteiger partial charge in [-0.25, -0.2) is 0 Å². The zero-order valence-electron chi connectivity index (χ0n) is 9.67. The summed E-state index contributed by atoms with van der Waals surface area (Å²) in [4.78, 5) is 5.29. The third-order valence-electron chi connectivity index (χ3n) is 2.80. The summed E-state index contributed by atoms with van der Waals surface area (Å²) < 4.78 is 0. The summed E-state index contributed by atoms with van der Waals surface area (Å²) in [7, 11) is 0. The van der Waals surface area contributed by atoms with E-state index in [0.29, 0.717) is 0 Å². The van der Waals surface area contributed by atoms with E-state index in [1.807, 2.05) is 17.8 Å². The first-order valence-electron chi connectivity index (χ1n) is 5.78.